The average molecular weight is 603 g/mol. The number of hydrogen-bond donors (Lipinski definition) is 1. The zero-order valence-electron chi connectivity index (χ0n) is 23.4. The average Bonchev–Trinajstić information content (AvgIpc) is 2.94. The van der Waals surface area contributed by atoms with E-state index in [1.54, 1.807) is 12.1 Å². The summed E-state index contributed by atoms with van der Waals surface area (Å²) in [6, 6.07) is 17.5. The number of aryl methyl sites for hydroxylation is 1. The number of nitrogens with zero attached hydrogens (tertiary/aromatic N) is 1. The molecule has 7 nitrogen and oxygen atoms in total. The molecule has 42 heavy (non-hydrogen) atoms. The van der Waals surface area contributed by atoms with Crippen molar-refractivity contribution in [3.63, 3.8) is 0 Å². The van der Waals surface area contributed by atoms with Crippen LogP contribution in [-0.2, 0) is 36.9 Å². The second kappa shape index (κ2) is 12.6. The molecule has 0 bridgehead atoms. The number of nitrogens with one attached hydrogen (secondary N) is 1. The van der Waals surface area contributed by atoms with Crippen LogP contribution in [-0.4, -0.2) is 30.8 Å². The van der Waals surface area contributed by atoms with Crippen molar-refractivity contribution < 1.29 is 35.9 Å². The number of rotatable bonds is 11. The fourth-order valence-electron chi connectivity index (χ4n) is 5.55. The fourth-order valence-corrected chi connectivity index (χ4v) is 6.53. The van der Waals surface area contributed by atoms with E-state index in [1.165, 1.54) is 12.1 Å². The first-order valence-electron chi connectivity index (χ1n) is 13.8. The predicted molar refractivity (Wildman–Crippen MR) is 151 cm³/mol. The van der Waals surface area contributed by atoms with Crippen LogP contribution in [0.5, 0.6) is 0 Å². The summed E-state index contributed by atoms with van der Waals surface area (Å²) >= 11 is 0. The Balaban J connectivity index is 1.52. The first-order valence-corrected chi connectivity index (χ1v) is 15.3. The molecule has 0 amide bonds. The second-order valence-electron chi connectivity index (χ2n) is 10.6. The molecule has 2 unspecified atom stereocenters. The number of ether oxygens (including phenoxy) is 1. The molecule has 1 aromatic heterocycles. The summed E-state index contributed by atoms with van der Waals surface area (Å²) in [4.78, 5) is 30.5. The maximum absolute atomic E-state index is 13.6. The number of Topliss-reactive ketones (excluding diaryl/α,β-unsaturated/α-hetero) is 1. The minimum atomic E-state index is -4.65. The molecule has 0 radical (unpaired) electrons. The largest absolute Gasteiger partial charge is 0.458 e. The zero-order valence-corrected chi connectivity index (χ0v) is 24.2. The van der Waals surface area contributed by atoms with E-state index in [0.717, 1.165) is 18.1 Å². The highest BCUT2D eigenvalue weighted by Crippen LogP contribution is 2.41. The van der Waals surface area contributed by atoms with Gasteiger partial charge in [0.2, 0.25) is 0 Å². The van der Waals surface area contributed by atoms with E-state index in [0.29, 0.717) is 43.5 Å². The van der Waals surface area contributed by atoms with Gasteiger partial charge in [0.1, 0.15) is 11.5 Å². The Morgan fingerprint density at radius 2 is 1.76 bits per heavy atom. The molecule has 1 fully saturated rings. The number of alkyl halides is 3. The molecule has 3 atom stereocenters. The Labute approximate surface area is 243 Å². The highest BCUT2D eigenvalue weighted by atomic mass is 32.2. The standard InChI is InChI=1S/C31H33F3N2O5S/c1-3-16-30(17-15-21-9-6-5-7-10-21)19-26(37)28(29(38)41-30)25(4-2)22-11-8-12-24(18-22)36-42(39,40)27-14-13-23(20-35-27)31(32,33)34/h5-14,18,20,25,28,36H,3-4,15-17,19H2,1-2H3/t25-,28?,30?/m0/s1. The Hall–Kier alpha value is -3.73. The molecule has 2 heterocycles. The number of sulfonamides is 1. The monoisotopic (exact) mass is 602 g/mol. The van der Waals surface area contributed by atoms with Gasteiger partial charge in [0.15, 0.2) is 10.8 Å². The van der Waals surface area contributed by atoms with Crippen molar-refractivity contribution in [1.29, 1.82) is 0 Å². The molecule has 1 saturated heterocycles. The van der Waals surface area contributed by atoms with Crippen LogP contribution in [0.15, 0.2) is 78.0 Å². The maximum atomic E-state index is 13.6. The number of benzene rings is 2. The lowest BCUT2D eigenvalue weighted by Crippen LogP contribution is -2.49. The van der Waals surface area contributed by atoms with Crippen LogP contribution in [0, 0.1) is 5.92 Å². The number of cyclic esters (lactones) is 1. The number of aromatic nitrogens is 1. The SMILES string of the molecule is CCCC1(CCc2ccccc2)CC(=O)C([C@@H](CC)c2cccc(NS(=O)(=O)c3ccc(C(F)(F)F)cn3)c2)C(=O)O1. The van der Waals surface area contributed by atoms with Crippen LogP contribution >= 0.6 is 0 Å². The molecule has 0 saturated carbocycles. The number of halogens is 3. The van der Waals surface area contributed by atoms with Gasteiger partial charge in [-0.3, -0.25) is 14.3 Å². The van der Waals surface area contributed by atoms with Gasteiger partial charge in [-0.05, 0) is 61.1 Å². The third-order valence-electron chi connectivity index (χ3n) is 7.58. The molecule has 1 aliphatic heterocycles. The number of ketones is 1. The van der Waals surface area contributed by atoms with Crippen LogP contribution in [0.4, 0.5) is 18.9 Å². The summed E-state index contributed by atoms with van der Waals surface area (Å²) in [6.07, 6.45) is -1.18. The summed E-state index contributed by atoms with van der Waals surface area (Å²) in [5.41, 5.74) is -0.176. The van der Waals surface area contributed by atoms with E-state index in [4.69, 9.17) is 4.74 Å². The van der Waals surface area contributed by atoms with Gasteiger partial charge in [0, 0.05) is 24.2 Å². The lowest BCUT2D eigenvalue weighted by Gasteiger charge is -2.40. The number of hydrogen-bond acceptors (Lipinski definition) is 6. The van der Waals surface area contributed by atoms with Gasteiger partial charge in [0.25, 0.3) is 10.0 Å². The summed E-state index contributed by atoms with van der Waals surface area (Å²) < 4.78 is 72.6. The van der Waals surface area contributed by atoms with Crippen LogP contribution in [0.1, 0.15) is 68.6 Å². The van der Waals surface area contributed by atoms with Crippen molar-refractivity contribution in [3.8, 4) is 0 Å². The third-order valence-corrected chi connectivity index (χ3v) is 8.88. The van der Waals surface area contributed by atoms with Crippen LogP contribution < -0.4 is 4.72 Å². The molecule has 1 aliphatic rings. The van der Waals surface area contributed by atoms with Gasteiger partial charge in [0.05, 0.1) is 5.56 Å². The molecule has 1 N–H and O–H groups in total. The Morgan fingerprint density at radius 1 is 1.02 bits per heavy atom. The van der Waals surface area contributed by atoms with Gasteiger partial charge in [-0.25, -0.2) is 4.98 Å². The van der Waals surface area contributed by atoms with Crippen molar-refractivity contribution in [3.05, 3.63) is 89.6 Å². The van der Waals surface area contributed by atoms with E-state index in [1.807, 2.05) is 44.2 Å². The first kappa shape index (κ1) is 31.2. The molecule has 2 aromatic carbocycles. The molecule has 11 heteroatoms. The highest BCUT2D eigenvalue weighted by Gasteiger charge is 2.48. The lowest BCUT2D eigenvalue weighted by atomic mass is 9.74. The van der Waals surface area contributed by atoms with E-state index < -0.39 is 50.2 Å². The van der Waals surface area contributed by atoms with E-state index in [-0.39, 0.29) is 17.9 Å². The fraction of sp³-hybridized carbons (Fsp3) is 0.387. The van der Waals surface area contributed by atoms with Gasteiger partial charge >= 0.3 is 12.1 Å². The van der Waals surface area contributed by atoms with Crippen molar-refractivity contribution in [1.82, 2.24) is 4.98 Å². The molecular formula is C31H33F3N2O5S. The molecule has 4 rings (SSSR count). The Morgan fingerprint density at radius 3 is 2.36 bits per heavy atom. The quantitative estimate of drug-likeness (QED) is 0.194. The van der Waals surface area contributed by atoms with Gasteiger partial charge < -0.3 is 4.74 Å². The maximum Gasteiger partial charge on any atom is 0.417 e. The number of anilines is 1. The summed E-state index contributed by atoms with van der Waals surface area (Å²) in [6.45, 7) is 3.81. The molecule has 0 spiro atoms. The minimum Gasteiger partial charge on any atom is -0.458 e. The van der Waals surface area contributed by atoms with E-state index >= 15 is 0 Å². The third kappa shape index (κ3) is 7.18. The number of esters is 1. The van der Waals surface area contributed by atoms with E-state index in [9.17, 15) is 31.2 Å². The zero-order chi connectivity index (χ0) is 30.5. The molecule has 3 aromatic rings. The number of carbonyl (C=O) groups is 2. The van der Waals surface area contributed by atoms with Crippen molar-refractivity contribution in [2.24, 2.45) is 5.92 Å². The van der Waals surface area contributed by atoms with Gasteiger partial charge in [-0.2, -0.15) is 21.6 Å². The van der Waals surface area contributed by atoms with Crippen molar-refractivity contribution in [2.75, 3.05) is 4.72 Å². The van der Waals surface area contributed by atoms with Crippen molar-refractivity contribution >= 4 is 27.5 Å². The van der Waals surface area contributed by atoms with E-state index in [2.05, 4.69) is 9.71 Å². The summed E-state index contributed by atoms with van der Waals surface area (Å²) in [5, 5.41) is -0.582. The van der Waals surface area contributed by atoms with Gasteiger partial charge in [-0.1, -0.05) is 62.7 Å². The van der Waals surface area contributed by atoms with Crippen LogP contribution in [0.25, 0.3) is 0 Å². The normalized spacial score (nSPS) is 20.2. The van der Waals surface area contributed by atoms with Crippen molar-refractivity contribution in [2.45, 2.75) is 75.1 Å². The summed E-state index contributed by atoms with van der Waals surface area (Å²) in [5.74, 6) is -2.40. The van der Waals surface area contributed by atoms with Gasteiger partial charge in [-0.15, -0.1) is 0 Å². The molecular weight excluding hydrogens is 569 g/mol. The smallest absolute Gasteiger partial charge is 0.417 e. The summed E-state index contributed by atoms with van der Waals surface area (Å²) in [7, 11) is -4.31. The Bertz CT molecular complexity index is 1490. The predicted octanol–water partition coefficient (Wildman–Crippen LogP) is 6.70. The second-order valence-corrected chi connectivity index (χ2v) is 12.2. The molecule has 0 aliphatic carbocycles. The first-order chi connectivity index (χ1) is 19.9. The lowest BCUT2D eigenvalue weighted by molar-refractivity contribution is -0.180. The highest BCUT2D eigenvalue weighted by molar-refractivity contribution is 7.92. The number of pyridine rings is 1. The van der Waals surface area contributed by atoms with Crippen LogP contribution in [0.3, 0.4) is 0 Å². The molecule has 224 valence electrons. The number of carbonyl (C=O) groups excluding carboxylic acids is 2. The van der Waals surface area contributed by atoms with Crippen LogP contribution in [0.2, 0.25) is 0 Å². The topological polar surface area (TPSA) is 102 Å². The minimum absolute atomic E-state index is 0.104. The Kier molecular flexibility index (Phi) is 9.40.